The van der Waals surface area contributed by atoms with Crippen LogP contribution in [0.1, 0.15) is 33.1 Å². The van der Waals surface area contributed by atoms with Crippen molar-refractivity contribution in [3.05, 3.63) is 0 Å². The van der Waals surface area contributed by atoms with E-state index in [1.54, 1.807) is 0 Å². The van der Waals surface area contributed by atoms with Crippen molar-refractivity contribution < 1.29 is 0 Å². The summed E-state index contributed by atoms with van der Waals surface area (Å²) in [6.45, 7) is 4.45. The van der Waals surface area contributed by atoms with E-state index >= 15 is 0 Å². The first-order valence-corrected chi connectivity index (χ1v) is 5.12. The van der Waals surface area contributed by atoms with Crippen LogP contribution < -0.4 is 11.2 Å². The molecule has 3 N–H and O–H groups in total. The van der Waals surface area contributed by atoms with E-state index in [0.29, 0.717) is 5.92 Å². The molecule has 0 radical (unpaired) electrons. The minimum absolute atomic E-state index is 0.248. The van der Waals surface area contributed by atoms with Crippen molar-refractivity contribution in [1.82, 2.24) is 5.43 Å². The van der Waals surface area contributed by atoms with Gasteiger partial charge in [0.15, 0.2) is 5.11 Å². The average Bonchev–Trinajstić information content (AvgIpc) is 2.06. The smallest absolute Gasteiger partial charge is 0.184 e. The van der Waals surface area contributed by atoms with E-state index in [4.69, 9.17) is 18.0 Å². The van der Waals surface area contributed by atoms with Crippen molar-refractivity contribution in [1.29, 1.82) is 0 Å². The maximum absolute atomic E-state index is 5.30. The molecule has 0 spiro atoms. The van der Waals surface area contributed by atoms with Gasteiger partial charge in [-0.3, -0.25) is 5.43 Å². The molecule has 13 heavy (non-hydrogen) atoms. The molecule has 0 saturated heterocycles. The summed E-state index contributed by atoms with van der Waals surface area (Å²) < 4.78 is 0. The van der Waals surface area contributed by atoms with Gasteiger partial charge < -0.3 is 5.73 Å². The third-order valence-electron chi connectivity index (χ3n) is 2.53. The normalized spacial score (nSPS) is 31.7. The molecule has 0 aromatic heterocycles. The highest BCUT2D eigenvalue weighted by molar-refractivity contribution is 7.80. The Hall–Kier alpha value is -0.640. The van der Waals surface area contributed by atoms with Gasteiger partial charge in [-0.05, 0) is 43.3 Å². The Bertz CT molecular complexity index is 225. The molecule has 1 fully saturated rings. The van der Waals surface area contributed by atoms with E-state index in [1.165, 1.54) is 18.6 Å². The molecule has 0 amide bonds. The lowest BCUT2D eigenvalue weighted by Gasteiger charge is -2.25. The van der Waals surface area contributed by atoms with Crippen LogP contribution in [0.15, 0.2) is 5.10 Å². The average molecular weight is 199 g/mol. The van der Waals surface area contributed by atoms with E-state index in [0.717, 1.165) is 12.3 Å². The molecule has 4 heteroatoms. The van der Waals surface area contributed by atoms with Crippen LogP contribution in [0, 0.1) is 11.8 Å². The summed E-state index contributed by atoms with van der Waals surface area (Å²) in [5.74, 6) is 1.31. The van der Waals surface area contributed by atoms with Gasteiger partial charge in [0.2, 0.25) is 0 Å². The first-order chi connectivity index (χ1) is 6.09. The maximum Gasteiger partial charge on any atom is 0.184 e. The fourth-order valence-electron chi connectivity index (χ4n) is 1.64. The van der Waals surface area contributed by atoms with Crippen molar-refractivity contribution in [3.63, 3.8) is 0 Å². The number of hydrogen-bond acceptors (Lipinski definition) is 2. The SMILES string of the molecule is CC1CCC(C)/C(=N/NC(N)=S)C1. The van der Waals surface area contributed by atoms with Crippen LogP contribution in [0.2, 0.25) is 0 Å². The number of nitrogens with zero attached hydrogens (tertiary/aromatic N) is 1. The third kappa shape index (κ3) is 3.30. The Labute approximate surface area is 84.8 Å². The van der Waals surface area contributed by atoms with Crippen LogP contribution in [-0.2, 0) is 0 Å². The van der Waals surface area contributed by atoms with Gasteiger partial charge in [-0.15, -0.1) is 0 Å². The van der Waals surface area contributed by atoms with Crippen molar-refractivity contribution in [2.24, 2.45) is 22.7 Å². The fourth-order valence-corrected chi connectivity index (χ4v) is 1.69. The van der Waals surface area contributed by atoms with Crippen LogP contribution in [0.5, 0.6) is 0 Å². The summed E-state index contributed by atoms with van der Waals surface area (Å²) in [5.41, 5.74) is 9.17. The Kier molecular flexibility index (Phi) is 3.66. The van der Waals surface area contributed by atoms with Gasteiger partial charge in [0.1, 0.15) is 0 Å². The van der Waals surface area contributed by atoms with Gasteiger partial charge in [-0.1, -0.05) is 13.8 Å². The lowest BCUT2D eigenvalue weighted by molar-refractivity contribution is 0.444. The highest BCUT2D eigenvalue weighted by Crippen LogP contribution is 2.25. The van der Waals surface area contributed by atoms with Gasteiger partial charge in [-0.2, -0.15) is 5.10 Å². The number of hydrogen-bond donors (Lipinski definition) is 2. The molecule has 0 aromatic carbocycles. The highest BCUT2D eigenvalue weighted by Gasteiger charge is 2.20. The van der Waals surface area contributed by atoms with Gasteiger partial charge in [0.25, 0.3) is 0 Å². The number of nitrogens with one attached hydrogen (secondary N) is 1. The van der Waals surface area contributed by atoms with Gasteiger partial charge in [-0.25, -0.2) is 0 Å². The van der Waals surface area contributed by atoms with Crippen LogP contribution in [-0.4, -0.2) is 10.8 Å². The van der Waals surface area contributed by atoms with E-state index in [1.807, 2.05) is 0 Å². The molecule has 1 aliphatic carbocycles. The third-order valence-corrected chi connectivity index (χ3v) is 2.62. The summed E-state index contributed by atoms with van der Waals surface area (Å²) >= 11 is 4.69. The predicted molar refractivity (Wildman–Crippen MR) is 59.5 cm³/mol. The zero-order valence-corrected chi connectivity index (χ0v) is 9.03. The molecule has 0 aromatic rings. The fraction of sp³-hybridized carbons (Fsp3) is 0.778. The molecule has 0 heterocycles. The van der Waals surface area contributed by atoms with Crippen LogP contribution >= 0.6 is 12.2 Å². The predicted octanol–water partition coefficient (Wildman–Crippen LogP) is 1.63. The zero-order chi connectivity index (χ0) is 9.84. The molecule has 3 nitrogen and oxygen atoms in total. The number of rotatable bonds is 1. The molecular formula is C9H17N3S. The Morgan fingerprint density at radius 1 is 1.54 bits per heavy atom. The Morgan fingerprint density at radius 2 is 2.23 bits per heavy atom. The molecule has 1 saturated carbocycles. The molecule has 2 unspecified atom stereocenters. The van der Waals surface area contributed by atoms with Crippen molar-refractivity contribution >= 4 is 23.0 Å². The van der Waals surface area contributed by atoms with Crippen LogP contribution in [0.3, 0.4) is 0 Å². The summed E-state index contributed by atoms with van der Waals surface area (Å²) in [5, 5.41) is 4.46. The molecule has 0 bridgehead atoms. The zero-order valence-electron chi connectivity index (χ0n) is 8.21. The molecule has 1 aliphatic rings. The second-order valence-electron chi connectivity index (χ2n) is 3.87. The molecule has 2 atom stereocenters. The Morgan fingerprint density at radius 3 is 2.85 bits per heavy atom. The standard InChI is InChI=1S/C9H17N3S/c1-6-3-4-7(2)8(5-6)11-12-9(10)13/h6-7H,3-5H2,1-2H3,(H3,10,12,13)/b11-8+. The van der Waals surface area contributed by atoms with Crippen LogP contribution in [0.4, 0.5) is 0 Å². The minimum Gasteiger partial charge on any atom is -0.375 e. The lowest BCUT2D eigenvalue weighted by Crippen LogP contribution is -2.29. The van der Waals surface area contributed by atoms with E-state index in [2.05, 4.69) is 24.4 Å². The topological polar surface area (TPSA) is 50.4 Å². The second-order valence-corrected chi connectivity index (χ2v) is 4.31. The summed E-state index contributed by atoms with van der Waals surface area (Å²) in [7, 11) is 0. The quantitative estimate of drug-likeness (QED) is 0.498. The van der Waals surface area contributed by atoms with Gasteiger partial charge in [0.05, 0.1) is 0 Å². The Balaban J connectivity index is 2.54. The van der Waals surface area contributed by atoms with Gasteiger partial charge >= 0.3 is 0 Å². The number of hydrazone groups is 1. The number of nitrogens with two attached hydrogens (primary N) is 1. The maximum atomic E-state index is 5.30. The van der Waals surface area contributed by atoms with Crippen LogP contribution in [0.25, 0.3) is 0 Å². The molecular weight excluding hydrogens is 182 g/mol. The minimum atomic E-state index is 0.248. The number of thiocarbonyl (C=S) groups is 1. The summed E-state index contributed by atoms with van der Waals surface area (Å²) in [6, 6.07) is 0. The second kappa shape index (κ2) is 4.56. The van der Waals surface area contributed by atoms with E-state index in [-0.39, 0.29) is 5.11 Å². The first-order valence-electron chi connectivity index (χ1n) is 4.71. The van der Waals surface area contributed by atoms with Crippen molar-refractivity contribution in [2.45, 2.75) is 33.1 Å². The largest absolute Gasteiger partial charge is 0.375 e. The molecule has 1 rings (SSSR count). The highest BCUT2D eigenvalue weighted by atomic mass is 32.1. The molecule has 0 aliphatic heterocycles. The van der Waals surface area contributed by atoms with E-state index < -0.39 is 0 Å². The monoisotopic (exact) mass is 199 g/mol. The van der Waals surface area contributed by atoms with Gasteiger partial charge in [0, 0.05) is 5.71 Å². The summed E-state index contributed by atoms with van der Waals surface area (Å²) in [6.07, 6.45) is 3.59. The molecule has 74 valence electrons. The van der Waals surface area contributed by atoms with Crippen molar-refractivity contribution in [2.75, 3.05) is 0 Å². The van der Waals surface area contributed by atoms with Crippen molar-refractivity contribution in [3.8, 4) is 0 Å². The lowest BCUT2D eigenvalue weighted by atomic mass is 9.82. The van der Waals surface area contributed by atoms with E-state index in [9.17, 15) is 0 Å². The first kappa shape index (κ1) is 10.4. The summed E-state index contributed by atoms with van der Waals surface area (Å²) in [4.78, 5) is 0.